The van der Waals surface area contributed by atoms with Crippen molar-refractivity contribution in [3.8, 4) is 22.6 Å². The monoisotopic (exact) mass is 463 g/mol. The first kappa shape index (κ1) is 22.2. The average molecular weight is 464 g/mol. The van der Waals surface area contributed by atoms with Crippen LogP contribution in [0.5, 0.6) is 0 Å². The van der Waals surface area contributed by atoms with E-state index in [1.165, 1.54) is 39.8 Å². The van der Waals surface area contributed by atoms with Gasteiger partial charge >= 0.3 is 0 Å². The summed E-state index contributed by atoms with van der Waals surface area (Å²) >= 11 is 2.80. The molecule has 0 bridgehead atoms. The van der Waals surface area contributed by atoms with Gasteiger partial charge in [0.25, 0.3) is 0 Å². The lowest BCUT2D eigenvalue weighted by Crippen LogP contribution is -2.14. The van der Waals surface area contributed by atoms with E-state index >= 15 is 0 Å². The molecular weight excluding hydrogens is 438 g/mol. The van der Waals surface area contributed by atoms with Crippen LogP contribution in [0, 0.1) is 27.7 Å². The highest BCUT2D eigenvalue weighted by Crippen LogP contribution is 2.31. The molecule has 0 fully saturated rings. The Morgan fingerprint density at radius 3 is 2.50 bits per heavy atom. The minimum Gasteiger partial charge on any atom is -0.305 e. The quantitative estimate of drug-likeness (QED) is 0.379. The maximum absolute atomic E-state index is 12.5. The van der Waals surface area contributed by atoms with E-state index in [1.54, 1.807) is 0 Å². The Bertz CT molecular complexity index is 1270. The average Bonchev–Trinajstić information content (AvgIpc) is 3.33. The molecule has 0 aliphatic rings. The van der Waals surface area contributed by atoms with Crippen molar-refractivity contribution in [3.05, 3.63) is 64.0 Å². The van der Waals surface area contributed by atoms with Crippen molar-refractivity contribution in [1.82, 2.24) is 19.7 Å². The molecule has 0 radical (unpaired) electrons. The molecule has 6 nitrogen and oxygen atoms in total. The lowest BCUT2D eigenvalue weighted by atomic mass is 9.98. The fourth-order valence-electron chi connectivity index (χ4n) is 3.81. The van der Waals surface area contributed by atoms with E-state index < -0.39 is 0 Å². The van der Waals surface area contributed by atoms with Crippen LogP contribution in [0.15, 0.2) is 46.9 Å². The molecule has 1 N–H and O–H groups in total. The summed E-state index contributed by atoms with van der Waals surface area (Å²) in [6.07, 6.45) is 0. The Balaban J connectivity index is 1.41. The summed E-state index contributed by atoms with van der Waals surface area (Å²) in [5.41, 5.74) is 7.81. The van der Waals surface area contributed by atoms with E-state index in [-0.39, 0.29) is 11.7 Å². The maximum atomic E-state index is 12.5. The van der Waals surface area contributed by atoms with Crippen molar-refractivity contribution < 1.29 is 4.79 Å². The summed E-state index contributed by atoms with van der Waals surface area (Å²) in [5.74, 6) is 0.908. The number of anilines is 1. The van der Waals surface area contributed by atoms with Crippen molar-refractivity contribution in [2.45, 2.75) is 32.9 Å². The van der Waals surface area contributed by atoms with Gasteiger partial charge in [0, 0.05) is 23.6 Å². The highest BCUT2D eigenvalue weighted by Gasteiger charge is 2.16. The number of amides is 1. The predicted octanol–water partition coefficient (Wildman–Crippen LogP) is 5.57. The van der Waals surface area contributed by atoms with Gasteiger partial charge in [-0.1, -0.05) is 53.7 Å². The first-order valence-electron chi connectivity index (χ1n) is 10.2. The van der Waals surface area contributed by atoms with E-state index in [2.05, 4.69) is 53.4 Å². The van der Waals surface area contributed by atoms with Crippen LogP contribution < -0.4 is 5.32 Å². The summed E-state index contributed by atoms with van der Waals surface area (Å²) in [6, 6.07) is 12.4. The zero-order chi connectivity index (χ0) is 22.8. The minimum atomic E-state index is -0.117. The molecule has 164 valence electrons. The molecule has 2 aromatic heterocycles. The van der Waals surface area contributed by atoms with E-state index in [9.17, 15) is 4.79 Å². The molecule has 0 unspecified atom stereocenters. The molecule has 0 saturated carbocycles. The number of thioether (sulfide) groups is 1. The van der Waals surface area contributed by atoms with Crippen LogP contribution in [-0.4, -0.2) is 31.4 Å². The van der Waals surface area contributed by atoms with Crippen LogP contribution in [0.1, 0.15) is 22.3 Å². The normalized spacial score (nSPS) is 11.0. The number of rotatable bonds is 6. The third kappa shape index (κ3) is 4.61. The maximum Gasteiger partial charge on any atom is 0.236 e. The lowest BCUT2D eigenvalue weighted by molar-refractivity contribution is -0.113. The first-order valence-corrected chi connectivity index (χ1v) is 12.1. The van der Waals surface area contributed by atoms with Crippen LogP contribution in [0.25, 0.3) is 22.6 Å². The number of nitrogens with one attached hydrogen (secondary N) is 1. The van der Waals surface area contributed by atoms with E-state index in [0.717, 1.165) is 28.2 Å². The predicted molar refractivity (Wildman–Crippen MR) is 132 cm³/mol. The Morgan fingerprint density at radius 1 is 1.06 bits per heavy atom. The topological polar surface area (TPSA) is 72.7 Å². The molecule has 4 aromatic rings. The van der Waals surface area contributed by atoms with E-state index in [4.69, 9.17) is 0 Å². The molecule has 8 heteroatoms. The van der Waals surface area contributed by atoms with Gasteiger partial charge in [0.05, 0.1) is 11.4 Å². The van der Waals surface area contributed by atoms with Crippen molar-refractivity contribution in [1.29, 1.82) is 0 Å². The SMILES string of the molecule is Cc1cc(C)c(-c2csc(NC(=O)CSc3nnc(-c4ccccc4C)n3C)n2)c(C)c1. The number of aromatic nitrogens is 4. The number of nitrogens with zero attached hydrogens (tertiary/aromatic N) is 4. The molecule has 0 aliphatic carbocycles. The van der Waals surface area contributed by atoms with Crippen molar-refractivity contribution >= 4 is 34.1 Å². The second kappa shape index (κ2) is 9.26. The number of hydrogen-bond donors (Lipinski definition) is 1. The summed E-state index contributed by atoms with van der Waals surface area (Å²) in [6.45, 7) is 8.33. The minimum absolute atomic E-state index is 0.117. The number of thiazole rings is 1. The largest absolute Gasteiger partial charge is 0.305 e. The van der Waals surface area contributed by atoms with Gasteiger partial charge in [0.15, 0.2) is 16.1 Å². The number of carbonyl (C=O) groups excluding carboxylic acids is 1. The third-order valence-corrected chi connectivity index (χ3v) is 7.01. The Labute approximate surface area is 196 Å². The highest BCUT2D eigenvalue weighted by molar-refractivity contribution is 7.99. The number of benzene rings is 2. The van der Waals surface area contributed by atoms with Gasteiger partial charge < -0.3 is 9.88 Å². The lowest BCUT2D eigenvalue weighted by Gasteiger charge is -2.08. The van der Waals surface area contributed by atoms with Crippen LogP contribution >= 0.6 is 23.1 Å². The number of carbonyl (C=O) groups is 1. The molecule has 0 saturated heterocycles. The van der Waals surface area contributed by atoms with Gasteiger partial charge in [-0.15, -0.1) is 21.5 Å². The van der Waals surface area contributed by atoms with Crippen molar-refractivity contribution in [2.24, 2.45) is 7.05 Å². The van der Waals surface area contributed by atoms with Gasteiger partial charge in [-0.25, -0.2) is 4.98 Å². The molecule has 2 heterocycles. The van der Waals surface area contributed by atoms with Crippen LogP contribution in [-0.2, 0) is 11.8 Å². The van der Waals surface area contributed by atoms with Gasteiger partial charge in [-0.05, 0) is 44.4 Å². The smallest absolute Gasteiger partial charge is 0.236 e. The van der Waals surface area contributed by atoms with Crippen molar-refractivity contribution in [2.75, 3.05) is 11.1 Å². The molecule has 4 rings (SSSR count). The number of aryl methyl sites for hydroxylation is 4. The fourth-order valence-corrected chi connectivity index (χ4v) is 5.24. The van der Waals surface area contributed by atoms with Crippen LogP contribution in [0.2, 0.25) is 0 Å². The van der Waals surface area contributed by atoms with Gasteiger partial charge in [-0.2, -0.15) is 0 Å². The fraction of sp³-hybridized carbons (Fsp3) is 0.250. The van der Waals surface area contributed by atoms with Gasteiger partial charge in [0.2, 0.25) is 5.91 Å². The zero-order valence-electron chi connectivity index (χ0n) is 18.8. The summed E-state index contributed by atoms with van der Waals surface area (Å²) in [5, 5.41) is 14.8. The van der Waals surface area contributed by atoms with Crippen LogP contribution in [0.4, 0.5) is 5.13 Å². The standard InChI is InChI=1S/C24H25N5OS2/c1-14-10-16(3)21(17(4)11-14)19-12-31-23(25-19)26-20(30)13-32-24-28-27-22(29(24)5)18-9-7-6-8-15(18)2/h6-12H,13H2,1-5H3,(H,25,26,30). The second-order valence-corrected chi connectivity index (χ2v) is 9.63. The highest BCUT2D eigenvalue weighted by atomic mass is 32.2. The molecule has 2 aromatic carbocycles. The van der Waals surface area contributed by atoms with Gasteiger partial charge in [-0.3, -0.25) is 4.79 Å². The molecular formula is C24H25N5OS2. The summed E-state index contributed by atoms with van der Waals surface area (Å²) < 4.78 is 1.92. The van der Waals surface area contributed by atoms with E-state index in [0.29, 0.717) is 10.3 Å². The Hall–Kier alpha value is -2.97. The molecule has 0 atom stereocenters. The summed E-state index contributed by atoms with van der Waals surface area (Å²) in [4.78, 5) is 17.2. The third-order valence-electron chi connectivity index (χ3n) is 5.24. The molecule has 0 aliphatic heterocycles. The Kier molecular flexibility index (Phi) is 6.43. The van der Waals surface area contributed by atoms with Crippen LogP contribution in [0.3, 0.4) is 0 Å². The zero-order valence-corrected chi connectivity index (χ0v) is 20.4. The second-order valence-electron chi connectivity index (χ2n) is 7.83. The Morgan fingerprint density at radius 2 is 1.78 bits per heavy atom. The van der Waals surface area contributed by atoms with Gasteiger partial charge in [0.1, 0.15) is 0 Å². The molecule has 1 amide bonds. The molecule has 32 heavy (non-hydrogen) atoms. The summed E-state index contributed by atoms with van der Waals surface area (Å²) in [7, 11) is 1.92. The number of hydrogen-bond acceptors (Lipinski definition) is 6. The first-order chi connectivity index (χ1) is 15.3. The van der Waals surface area contributed by atoms with E-state index in [1.807, 2.05) is 48.2 Å². The molecule has 0 spiro atoms. The van der Waals surface area contributed by atoms with Crippen molar-refractivity contribution in [3.63, 3.8) is 0 Å².